The maximum atomic E-state index is 12.9. The maximum absolute atomic E-state index is 12.9. The van der Waals surface area contributed by atoms with E-state index in [9.17, 15) is 4.79 Å². The third-order valence-electron chi connectivity index (χ3n) is 5.05. The smallest absolute Gasteiger partial charge is 0.254 e. The van der Waals surface area contributed by atoms with Crippen LogP contribution in [0.1, 0.15) is 17.3 Å². The molecule has 1 aromatic heterocycles. The lowest BCUT2D eigenvalue weighted by Gasteiger charge is -2.36. The Morgan fingerprint density at radius 3 is 2.67 bits per heavy atom. The lowest BCUT2D eigenvalue weighted by atomic mass is 10.1. The third-order valence-corrected chi connectivity index (χ3v) is 5.05. The van der Waals surface area contributed by atoms with Crippen LogP contribution in [-0.4, -0.2) is 59.1 Å². The summed E-state index contributed by atoms with van der Waals surface area (Å²) in [6.45, 7) is 5.76. The molecule has 1 aliphatic rings. The number of carbonyl (C=O) groups excluding carboxylic acids is 1. The molecule has 0 bridgehead atoms. The van der Waals surface area contributed by atoms with Crippen LogP contribution in [0.15, 0.2) is 42.5 Å². The van der Waals surface area contributed by atoms with Crippen molar-refractivity contribution in [2.75, 3.05) is 38.2 Å². The van der Waals surface area contributed by atoms with Crippen LogP contribution in [0, 0.1) is 0 Å². The topological polar surface area (TPSA) is 63.5 Å². The number of methoxy groups -OCH3 is 1. The number of anilines is 1. The normalized spacial score (nSPS) is 14.6. The number of aromatic nitrogens is 3. The molecule has 7 heteroatoms. The summed E-state index contributed by atoms with van der Waals surface area (Å²) in [4.78, 5) is 17.1. The quantitative estimate of drug-likeness (QED) is 0.711. The van der Waals surface area contributed by atoms with Crippen LogP contribution >= 0.6 is 0 Å². The van der Waals surface area contributed by atoms with Crippen molar-refractivity contribution in [1.82, 2.24) is 19.9 Å². The van der Waals surface area contributed by atoms with Crippen molar-refractivity contribution in [2.45, 2.75) is 13.5 Å². The monoisotopic (exact) mass is 365 g/mol. The van der Waals surface area contributed by atoms with Gasteiger partial charge in [0.05, 0.1) is 12.6 Å². The second-order valence-electron chi connectivity index (χ2n) is 6.59. The van der Waals surface area contributed by atoms with Gasteiger partial charge >= 0.3 is 0 Å². The largest absolute Gasteiger partial charge is 0.497 e. The van der Waals surface area contributed by atoms with E-state index in [1.165, 1.54) is 0 Å². The van der Waals surface area contributed by atoms with Crippen LogP contribution in [0.25, 0.3) is 11.0 Å². The molecule has 2 aromatic carbocycles. The molecule has 2 heterocycles. The fourth-order valence-corrected chi connectivity index (χ4v) is 3.50. The Morgan fingerprint density at radius 2 is 1.93 bits per heavy atom. The van der Waals surface area contributed by atoms with Crippen molar-refractivity contribution in [3.8, 4) is 5.75 Å². The molecule has 0 unspecified atom stereocenters. The average Bonchev–Trinajstić information content (AvgIpc) is 3.15. The highest BCUT2D eigenvalue weighted by Crippen LogP contribution is 2.23. The maximum Gasteiger partial charge on any atom is 0.254 e. The van der Waals surface area contributed by atoms with E-state index >= 15 is 0 Å². The molecule has 1 saturated heterocycles. The van der Waals surface area contributed by atoms with Gasteiger partial charge in [0.1, 0.15) is 11.3 Å². The second kappa shape index (κ2) is 7.26. The lowest BCUT2D eigenvalue weighted by molar-refractivity contribution is 0.0747. The Bertz CT molecular complexity index is 960. The molecule has 0 spiro atoms. The van der Waals surface area contributed by atoms with Gasteiger partial charge in [0.2, 0.25) is 0 Å². The summed E-state index contributed by atoms with van der Waals surface area (Å²) < 4.78 is 7.13. The summed E-state index contributed by atoms with van der Waals surface area (Å²) in [6, 6.07) is 13.7. The molecule has 1 aliphatic heterocycles. The van der Waals surface area contributed by atoms with E-state index in [1.807, 2.05) is 52.9 Å². The molecule has 27 heavy (non-hydrogen) atoms. The van der Waals surface area contributed by atoms with Crippen LogP contribution < -0.4 is 9.64 Å². The number of piperazine rings is 1. The average molecular weight is 365 g/mol. The fraction of sp³-hybridized carbons (Fsp3) is 0.350. The standard InChI is InChI=1S/C20H23N5O2/c1-3-25-19-8-7-15(13-18(19)21-22-25)20(26)24-11-9-23(10-12-24)16-5-4-6-17(14-16)27-2/h4-8,13-14H,3,9-12H2,1-2H3. The Balaban J connectivity index is 1.45. The molecule has 0 aliphatic carbocycles. The summed E-state index contributed by atoms with van der Waals surface area (Å²) >= 11 is 0. The van der Waals surface area contributed by atoms with E-state index < -0.39 is 0 Å². The Hall–Kier alpha value is -3.09. The number of ether oxygens (including phenoxy) is 1. The summed E-state index contributed by atoms with van der Waals surface area (Å²) in [6.07, 6.45) is 0. The van der Waals surface area contributed by atoms with E-state index in [-0.39, 0.29) is 5.91 Å². The van der Waals surface area contributed by atoms with Gasteiger partial charge in [-0.25, -0.2) is 4.68 Å². The molecule has 3 aromatic rings. The molecular weight excluding hydrogens is 342 g/mol. The molecule has 0 saturated carbocycles. The van der Waals surface area contributed by atoms with Crippen molar-refractivity contribution in [3.63, 3.8) is 0 Å². The van der Waals surface area contributed by atoms with Gasteiger partial charge in [-0.05, 0) is 37.3 Å². The van der Waals surface area contributed by atoms with E-state index in [0.717, 1.165) is 42.1 Å². The van der Waals surface area contributed by atoms with Crippen LogP contribution in [0.2, 0.25) is 0 Å². The Morgan fingerprint density at radius 1 is 1.11 bits per heavy atom. The molecule has 4 rings (SSSR count). The van der Waals surface area contributed by atoms with Gasteiger partial charge in [-0.1, -0.05) is 11.3 Å². The number of rotatable bonds is 4. The van der Waals surface area contributed by atoms with E-state index in [2.05, 4.69) is 21.3 Å². The SMILES string of the molecule is CCn1nnc2cc(C(=O)N3CCN(c4cccc(OC)c4)CC3)ccc21. The molecule has 0 radical (unpaired) electrons. The molecule has 1 fully saturated rings. The van der Waals surface area contributed by atoms with Crippen molar-refractivity contribution in [1.29, 1.82) is 0 Å². The third kappa shape index (κ3) is 3.32. The van der Waals surface area contributed by atoms with Crippen LogP contribution in [0.3, 0.4) is 0 Å². The summed E-state index contributed by atoms with van der Waals surface area (Å²) in [5.41, 5.74) is 3.51. The first kappa shape index (κ1) is 17.3. The zero-order valence-electron chi connectivity index (χ0n) is 15.6. The van der Waals surface area contributed by atoms with Gasteiger partial charge in [-0.15, -0.1) is 5.10 Å². The zero-order valence-corrected chi connectivity index (χ0v) is 15.6. The number of nitrogens with zero attached hydrogens (tertiary/aromatic N) is 5. The van der Waals surface area contributed by atoms with Gasteiger partial charge in [0, 0.05) is 50.0 Å². The minimum atomic E-state index is 0.0493. The van der Waals surface area contributed by atoms with Crippen LogP contribution in [-0.2, 0) is 6.54 Å². The first-order valence-corrected chi connectivity index (χ1v) is 9.21. The lowest BCUT2D eigenvalue weighted by Crippen LogP contribution is -2.48. The number of amides is 1. The van der Waals surface area contributed by atoms with Gasteiger partial charge in [-0.2, -0.15) is 0 Å². The fourth-order valence-electron chi connectivity index (χ4n) is 3.50. The summed E-state index contributed by atoms with van der Waals surface area (Å²) in [5.74, 6) is 0.896. The number of benzene rings is 2. The Kier molecular flexibility index (Phi) is 4.66. The molecule has 1 amide bonds. The summed E-state index contributed by atoms with van der Waals surface area (Å²) in [7, 11) is 1.67. The highest BCUT2D eigenvalue weighted by atomic mass is 16.5. The minimum absolute atomic E-state index is 0.0493. The van der Waals surface area contributed by atoms with Crippen LogP contribution in [0.5, 0.6) is 5.75 Å². The molecule has 7 nitrogen and oxygen atoms in total. The molecule has 0 N–H and O–H groups in total. The van der Waals surface area contributed by atoms with E-state index in [0.29, 0.717) is 18.7 Å². The molecular formula is C20H23N5O2. The van der Waals surface area contributed by atoms with Crippen molar-refractivity contribution >= 4 is 22.6 Å². The number of hydrogen-bond acceptors (Lipinski definition) is 5. The van der Waals surface area contributed by atoms with Crippen LogP contribution in [0.4, 0.5) is 5.69 Å². The number of hydrogen-bond donors (Lipinski definition) is 0. The minimum Gasteiger partial charge on any atom is -0.497 e. The van der Waals surface area contributed by atoms with Gasteiger partial charge in [0.15, 0.2) is 0 Å². The number of carbonyl (C=O) groups is 1. The Labute approximate surface area is 158 Å². The van der Waals surface area contributed by atoms with Gasteiger partial charge in [0.25, 0.3) is 5.91 Å². The van der Waals surface area contributed by atoms with Crippen molar-refractivity contribution in [3.05, 3.63) is 48.0 Å². The first-order chi connectivity index (χ1) is 13.2. The van der Waals surface area contributed by atoms with Crippen molar-refractivity contribution < 1.29 is 9.53 Å². The first-order valence-electron chi connectivity index (χ1n) is 9.21. The molecule has 140 valence electrons. The second-order valence-corrected chi connectivity index (χ2v) is 6.59. The van der Waals surface area contributed by atoms with E-state index in [4.69, 9.17) is 4.74 Å². The van der Waals surface area contributed by atoms with Gasteiger partial charge in [-0.3, -0.25) is 4.79 Å². The van der Waals surface area contributed by atoms with E-state index in [1.54, 1.807) is 7.11 Å². The van der Waals surface area contributed by atoms with Crippen molar-refractivity contribution in [2.24, 2.45) is 0 Å². The summed E-state index contributed by atoms with van der Waals surface area (Å²) in [5, 5.41) is 8.28. The zero-order chi connectivity index (χ0) is 18.8. The molecule has 0 atom stereocenters. The number of fused-ring (bicyclic) bond motifs is 1. The number of aryl methyl sites for hydroxylation is 1. The predicted octanol–water partition coefficient (Wildman–Crippen LogP) is 2.42. The predicted molar refractivity (Wildman–Crippen MR) is 104 cm³/mol. The van der Waals surface area contributed by atoms with Gasteiger partial charge < -0.3 is 14.5 Å². The highest BCUT2D eigenvalue weighted by molar-refractivity contribution is 5.97. The highest BCUT2D eigenvalue weighted by Gasteiger charge is 2.23.